The van der Waals surface area contributed by atoms with Crippen LogP contribution in [-0.2, 0) is 9.59 Å². The number of carbonyl (C=O) groups is 2. The SMILES string of the molecule is O=C(O)[C@@H]1CC(=O)N(CCOc2ccccc2)C1. The predicted octanol–water partition coefficient (Wildman–Crippen LogP) is 0.998. The minimum atomic E-state index is -0.908. The van der Waals surface area contributed by atoms with Crippen molar-refractivity contribution >= 4 is 11.9 Å². The van der Waals surface area contributed by atoms with Gasteiger partial charge in [0.05, 0.1) is 12.5 Å². The Balaban J connectivity index is 1.78. The zero-order chi connectivity index (χ0) is 13.0. The summed E-state index contributed by atoms with van der Waals surface area (Å²) in [4.78, 5) is 23.9. The van der Waals surface area contributed by atoms with E-state index in [1.807, 2.05) is 30.3 Å². The van der Waals surface area contributed by atoms with Crippen LogP contribution >= 0.6 is 0 Å². The fraction of sp³-hybridized carbons (Fsp3) is 0.385. The molecule has 96 valence electrons. The molecule has 1 atom stereocenters. The second-order valence-electron chi connectivity index (χ2n) is 4.24. The van der Waals surface area contributed by atoms with E-state index in [9.17, 15) is 9.59 Å². The Kier molecular flexibility index (Phi) is 3.82. The van der Waals surface area contributed by atoms with Gasteiger partial charge >= 0.3 is 5.97 Å². The van der Waals surface area contributed by atoms with Crippen LogP contribution in [0.2, 0.25) is 0 Å². The van der Waals surface area contributed by atoms with Crippen LogP contribution in [0.15, 0.2) is 30.3 Å². The molecule has 5 nitrogen and oxygen atoms in total. The molecule has 1 aliphatic heterocycles. The highest BCUT2D eigenvalue weighted by Crippen LogP contribution is 2.17. The lowest BCUT2D eigenvalue weighted by Gasteiger charge is -2.16. The number of likely N-dealkylation sites (tertiary alicyclic amines) is 1. The van der Waals surface area contributed by atoms with Crippen LogP contribution in [0.3, 0.4) is 0 Å². The van der Waals surface area contributed by atoms with Crippen molar-refractivity contribution in [2.45, 2.75) is 6.42 Å². The molecular formula is C13H15NO4. The van der Waals surface area contributed by atoms with E-state index in [4.69, 9.17) is 9.84 Å². The molecule has 2 rings (SSSR count). The van der Waals surface area contributed by atoms with Crippen LogP contribution in [-0.4, -0.2) is 41.6 Å². The highest BCUT2D eigenvalue weighted by Gasteiger charge is 2.33. The van der Waals surface area contributed by atoms with Crippen molar-refractivity contribution in [3.8, 4) is 5.75 Å². The van der Waals surface area contributed by atoms with Crippen LogP contribution in [0.5, 0.6) is 5.75 Å². The summed E-state index contributed by atoms with van der Waals surface area (Å²) in [5.41, 5.74) is 0. The van der Waals surface area contributed by atoms with Crippen LogP contribution in [0, 0.1) is 5.92 Å². The Hall–Kier alpha value is -2.04. The van der Waals surface area contributed by atoms with Crippen LogP contribution in [0.25, 0.3) is 0 Å². The van der Waals surface area contributed by atoms with Gasteiger partial charge in [0.2, 0.25) is 5.91 Å². The van der Waals surface area contributed by atoms with Gasteiger partial charge in [-0.25, -0.2) is 0 Å². The van der Waals surface area contributed by atoms with Crippen molar-refractivity contribution in [1.82, 2.24) is 4.90 Å². The number of hydrogen-bond donors (Lipinski definition) is 1. The van der Waals surface area contributed by atoms with Gasteiger partial charge in [-0.3, -0.25) is 9.59 Å². The number of rotatable bonds is 5. The number of aliphatic carboxylic acids is 1. The van der Waals surface area contributed by atoms with Crippen molar-refractivity contribution in [2.24, 2.45) is 5.92 Å². The third kappa shape index (κ3) is 3.00. The van der Waals surface area contributed by atoms with Gasteiger partial charge in [0, 0.05) is 13.0 Å². The Morgan fingerprint density at radius 1 is 1.39 bits per heavy atom. The summed E-state index contributed by atoms with van der Waals surface area (Å²) in [6.07, 6.45) is 0.0979. The molecule has 1 fully saturated rings. The number of ether oxygens (including phenoxy) is 1. The summed E-state index contributed by atoms with van der Waals surface area (Å²) >= 11 is 0. The maximum Gasteiger partial charge on any atom is 0.308 e. The summed E-state index contributed by atoms with van der Waals surface area (Å²) in [5, 5.41) is 8.84. The number of para-hydroxylation sites is 1. The number of hydrogen-bond acceptors (Lipinski definition) is 3. The molecule has 18 heavy (non-hydrogen) atoms. The second kappa shape index (κ2) is 5.53. The van der Waals surface area contributed by atoms with E-state index < -0.39 is 11.9 Å². The number of carboxylic acids is 1. The molecule has 1 aromatic carbocycles. The van der Waals surface area contributed by atoms with Crippen LogP contribution in [0.1, 0.15) is 6.42 Å². The molecule has 0 spiro atoms. The summed E-state index contributed by atoms with van der Waals surface area (Å²) in [5.74, 6) is -0.845. The van der Waals surface area contributed by atoms with Crippen molar-refractivity contribution in [3.05, 3.63) is 30.3 Å². The molecule has 1 aliphatic rings. The van der Waals surface area contributed by atoms with Gasteiger partial charge in [-0.15, -0.1) is 0 Å². The van der Waals surface area contributed by atoms with E-state index in [1.54, 1.807) is 4.90 Å². The van der Waals surface area contributed by atoms with Crippen molar-refractivity contribution < 1.29 is 19.4 Å². The van der Waals surface area contributed by atoms with E-state index in [2.05, 4.69) is 0 Å². The average molecular weight is 249 g/mol. The first-order valence-electron chi connectivity index (χ1n) is 5.85. The summed E-state index contributed by atoms with van der Waals surface area (Å²) in [7, 11) is 0. The number of carbonyl (C=O) groups excluding carboxylic acids is 1. The van der Waals surface area contributed by atoms with E-state index >= 15 is 0 Å². The van der Waals surface area contributed by atoms with Gasteiger partial charge in [-0.2, -0.15) is 0 Å². The third-order valence-corrected chi connectivity index (χ3v) is 2.94. The largest absolute Gasteiger partial charge is 0.492 e. The molecular weight excluding hydrogens is 234 g/mol. The lowest BCUT2D eigenvalue weighted by molar-refractivity contribution is -0.141. The normalized spacial score (nSPS) is 19.0. The number of nitrogens with zero attached hydrogens (tertiary/aromatic N) is 1. The minimum absolute atomic E-state index is 0.0979. The summed E-state index contributed by atoms with van der Waals surface area (Å²) in [6, 6.07) is 9.32. The lowest BCUT2D eigenvalue weighted by atomic mass is 10.1. The molecule has 1 N–H and O–H groups in total. The molecule has 1 heterocycles. The zero-order valence-electron chi connectivity index (χ0n) is 9.91. The first kappa shape index (κ1) is 12.4. The van der Waals surface area contributed by atoms with E-state index in [-0.39, 0.29) is 18.9 Å². The fourth-order valence-corrected chi connectivity index (χ4v) is 1.94. The molecule has 0 bridgehead atoms. The van der Waals surface area contributed by atoms with Gasteiger partial charge in [-0.1, -0.05) is 18.2 Å². The Bertz CT molecular complexity index is 432. The van der Waals surface area contributed by atoms with E-state index in [0.717, 1.165) is 5.75 Å². The van der Waals surface area contributed by atoms with E-state index in [1.165, 1.54) is 0 Å². The topological polar surface area (TPSA) is 66.8 Å². The molecule has 0 unspecified atom stereocenters. The Morgan fingerprint density at radius 3 is 2.72 bits per heavy atom. The summed E-state index contributed by atoms with van der Waals surface area (Å²) < 4.78 is 5.47. The van der Waals surface area contributed by atoms with Crippen molar-refractivity contribution in [1.29, 1.82) is 0 Å². The molecule has 0 saturated carbocycles. The smallest absolute Gasteiger partial charge is 0.308 e. The van der Waals surface area contributed by atoms with Crippen molar-refractivity contribution in [3.63, 3.8) is 0 Å². The first-order valence-corrected chi connectivity index (χ1v) is 5.85. The number of benzene rings is 1. The quantitative estimate of drug-likeness (QED) is 0.845. The highest BCUT2D eigenvalue weighted by molar-refractivity contribution is 5.86. The van der Waals surface area contributed by atoms with Crippen LogP contribution < -0.4 is 4.74 Å². The lowest BCUT2D eigenvalue weighted by Crippen LogP contribution is -2.30. The predicted molar refractivity (Wildman–Crippen MR) is 64.3 cm³/mol. The Morgan fingerprint density at radius 2 is 2.11 bits per heavy atom. The zero-order valence-corrected chi connectivity index (χ0v) is 9.91. The van der Waals surface area contributed by atoms with Crippen molar-refractivity contribution in [2.75, 3.05) is 19.7 Å². The van der Waals surface area contributed by atoms with Gasteiger partial charge in [0.25, 0.3) is 0 Å². The highest BCUT2D eigenvalue weighted by atomic mass is 16.5. The second-order valence-corrected chi connectivity index (χ2v) is 4.24. The molecule has 0 radical (unpaired) electrons. The molecule has 5 heteroatoms. The van der Waals surface area contributed by atoms with Gasteiger partial charge < -0.3 is 14.7 Å². The van der Waals surface area contributed by atoms with Crippen LogP contribution in [0.4, 0.5) is 0 Å². The molecule has 1 saturated heterocycles. The average Bonchev–Trinajstić information content (AvgIpc) is 2.73. The van der Waals surface area contributed by atoms with Gasteiger partial charge in [0.1, 0.15) is 12.4 Å². The number of carboxylic acid groups (broad SMARTS) is 1. The van der Waals surface area contributed by atoms with Gasteiger partial charge in [-0.05, 0) is 12.1 Å². The number of amides is 1. The molecule has 1 amide bonds. The molecule has 0 aromatic heterocycles. The molecule has 1 aromatic rings. The minimum Gasteiger partial charge on any atom is -0.492 e. The summed E-state index contributed by atoms with van der Waals surface area (Å²) in [6.45, 7) is 1.09. The third-order valence-electron chi connectivity index (χ3n) is 2.94. The molecule has 0 aliphatic carbocycles. The Labute approximate surface area is 105 Å². The van der Waals surface area contributed by atoms with Gasteiger partial charge in [0.15, 0.2) is 0 Å². The standard InChI is InChI=1S/C13H15NO4/c15-12-8-10(13(16)17)9-14(12)6-7-18-11-4-2-1-3-5-11/h1-5,10H,6-9H2,(H,16,17)/t10-/m1/s1. The maximum absolute atomic E-state index is 11.5. The fourth-order valence-electron chi connectivity index (χ4n) is 1.94. The maximum atomic E-state index is 11.5. The van der Waals surface area contributed by atoms with E-state index in [0.29, 0.717) is 13.2 Å². The monoisotopic (exact) mass is 249 g/mol. The first-order chi connectivity index (χ1) is 8.66.